The number of carboxylic acids is 1. The highest BCUT2D eigenvalue weighted by Gasteiger charge is 2.08. The van der Waals surface area contributed by atoms with E-state index in [2.05, 4.69) is 10.3 Å². The molecule has 104 valence electrons. The van der Waals surface area contributed by atoms with Crippen molar-refractivity contribution in [3.05, 3.63) is 29.8 Å². The maximum absolute atomic E-state index is 12.6. The Balaban J connectivity index is 2.27. The third-order valence-electron chi connectivity index (χ3n) is 2.76. The third kappa shape index (κ3) is 5.94. The second kappa shape index (κ2) is 7.45. The van der Waals surface area contributed by atoms with Gasteiger partial charge >= 0.3 is 5.97 Å². The number of halogens is 1. The summed E-state index contributed by atoms with van der Waals surface area (Å²) >= 11 is 0. The number of carbonyl (C=O) groups is 2. The van der Waals surface area contributed by atoms with Gasteiger partial charge in [-0.25, -0.2) is 4.98 Å². The average Bonchev–Trinajstić information content (AvgIpc) is 2.37. The fourth-order valence-corrected chi connectivity index (χ4v) is 1.56. The number of carbonyl (C=O) groups excluding carboxylic acids is 1. The Labute approximate surface area is 110 Å². The molecule has 0 aromatic carbocycles. The van der Waals surface area contributed by atoms with E-state index in [1.165, 1.54) is 12.3 Å². The molecule has 1 aromatic rings. The van der Waals surface area contributed by atoms with Crippen LogP contribution in [0.4, 0.5) is 4.39 Å². The lowest BCUT2D eigenvalue weighted by Gasteiger charge is -2.10. The van der Waals surface area contributed by atoms with E-state index < -0.39 is 11.9 Å². The van der Waals surface area contributed by atoms with Gasteiger partial charge in [-0.2, -0.15) is 4.39 Å². The first-order valence-electron chi connectivity index (χ1n) is 6.10. The van der Waals surface area contributed by atoms with E-state index in [0.717, 1.165) is 6.07 Å². The first kappa shape index (κ1) is 15.1. The summed E-state index contributed by atoms with van der Waals surface area (Å²) in [5.74, 6) is -1.52. The van der Waals surface area contributed by atoms with E-state index >= 15 is 0 Å². The van der Waals surface area contributed by atoms with Crippen LogP contribution >= 0.6 is 0 Å². The van der Waals surface area contributed by atoms with Crippen LogP contribution in [0.2, 0.25) is 0 Å². The molecule has 1 heterocycles. The predicted molar refractivity (Wildman–Crippen MR) is 67.2 cm³/mol. The summed E-state index contributed by atoms with van der Waals surface area (Å²) in [6.07, 6.45) is 2.60. The third-order valence-corrected chi connectivity index (χ3v) is 2.76. The SMILES string of the molecule is CC(CCNC(=O)c1ccc(F)nc1)CCC(=O)O. The summed E-state index contributed by atoms with van der Waals surface area (Å²) in [6.45, 7) is 2.39. The monoisotopic (exact) mass is 268 g/mol. The number of carboxylic acid groups (broad SMARTS) is 1. The first-order valence-corrected chi connectivity index (χ1v) is 6.10. The molecular formula is C13H17FN2O3. The molecule has 1 unspecified atom stereocenters. The molecule has 1 rings (SSSR count). The van der Waals surface area contributed by atoms with Gasteiger partial charge in [-0.15, -0.1) is 0 Å². The lowest BCUT2D eigenvalue weighted by atomic mass is 10.0. The Kier molecular flexibility index (Phi) is 5.92. The van der Waals surface area contributed by atoms with Crippen LogP contribution in [0.5, 0.6) is 0 Å². The molecule has 0 fully saturated rings. The molecule has 0 spiro atoms. The molecule has 0 aliphatic carbocycles. The predicted octanol–water partition coefficient (Wildman–Crippen LogP) is 1.84. The molecule has 0 saturated carbocycles. The summed E-state index contributed by atoms with van der Waals surface area (Å²) in [5.41, 5.74) is 0.305. The van der Waals surface area contributed by atoms with Crippen LogP contribution in [0.15, 0.2) is 18.3 Å². The number of rotatable bonds is 7. The zero-order valence-corrected chi connectivity index (χ0v) is 10.7. The second-order valence-electron chi connectivity index (χ2n) is 4.45. The topological polar surface area (TPSA) is 79.3 Å². The molecule has 0 bridgehead atoms. The molecule has 5 nitrogen and oxygen atoms in total. The minimum absolute atomic E-state index is 0.136. The quantitative estimate of drug-likeness (QED) is 0.739. The number of hydrogen-bond donors (Lipinski definition) is 2. The highest BCUT2D eigenvalue weighted by molar-refractivity contribution is 5.93. The van der Waals surface area contributed by atoms with Crippen LogP contribution in [0.25, 0.3) is 0 Å². The summed E-state index contributed by atoms with van der Waals surface area (Å²) < 4.78 is 12.6. The fraction of sp³-hybridized carbons (Fsp3) is 0.462. The van der Waals surface area contributed by atoms with Crippen LogP contribution in [0.3, 0.4) is 0 Å². The molecule has 1 atom stereocenters. The van der Waals surface area contributed by atoms with Gasteiger partial charge in [-0.1, -0.05) is 6.92 Å². The minimum atomic E-state index is -0.812. The summed E-state index contributed by atoms with van der Waals surface area (Å²) in [6, 6.07) is 2.50. The standard InChI is InChI=1S/C13H17FN2O3/c1-9(2-5-12(17)18)6-7-15-13(19)10-3-4-11(14)16-8-10/h3-4,8-9H,2,5-7H2,1H3,(H,15,19)(H,17,18). The highest BCUT2D eigenvalue weighted by Crippen LogP contribution is 2.09. The number of nitrogens with one attached hydrogen (secondary N) is 1. The van der Waals surface area contributed by atoms with Gasteiger partial charge in [0.15, 0.2) is 0 Å². The molecule has 0 saturated heterocycles. The Morgan fingerprint density at radius 3 is 2.74 bits per heavy atom. The Hall–Kier alpha value is -1.98. The van der Waals surface area contributed by atoms with Crippen molar-refractivity contribution >= 4 is 11.9 Å². The Morgan fingerprint density at radius 1 is 1.42 bits per heavy atom. The van der Waals surface area contributed by atoms with Gasteiger partial charge in [-0.05, 0) is 30.9 Å². The second-order valence-corrected chi connectivity index (χ2v) is 4.45. The van der Waals surface area contributed by atoms with Crippen molar-refractivity contribution in [3.63, 3.8) is 0 Å². The normalized spacial score (nSPS) is 11.9. The van der Waals surface area contributed by atoms with E-state index in [1.54, 1.807) is 0 Å². The number of amides is 1. The van der Waals surface area contributed by atoms with Gasteiger partial charge in [0, 0.05) is 19.2 Å². The zero-order chi connectivity index (χ0) is 14.3. The molecule has 1 aromatic heterocycles. The largest absolute Gasteiger partial charge is 0.481 e. The molecule has 6 heteroatoms. The van der Waals surface area contributed by atoms with Gasteiger partial charge in [0.05, 0.1) is 5.56 Å². The number of nitrogens with zero attached hydrogens (tertiary/aromatic N) is 1. The molecular weight excluding hydrogens is 251 g/mol. The van der Waals surface area contributed by atoms with Gasteiger partial charge in [0.25, 0.3) is 5.91 Å². The average molecular weight is 268 g/mol. The van der Waals surface area contributed by atoms with Gasteiger partial charge in [0.2, 0.25) is 5.95 Å². The maximum atomic E-state index is 12.6. The Morgan fingerprint density at radius 2 is 2.16 bits per heavy atom. The molecule has 0 aliphatic heterocycles. The van der Waals surface area contributed by atoms with E-state index in [9.17, 15) is 14.0 Å². The van der Waals surface area contributed by atoms with Crippen molar-refractivity contribution in [2.24, 2.45) is 5.92 Å². The van der Waals surface area contributed by atoms with Crippen molar-refractivity contribution in [2.45, 2.75) is 26.2 Å². The lowest BCUT2D eigenvalue weighted by molar-refractivity contribution is -0.137. The smallest absolute Gasteiger partial charge is 0.303 e. The fourth-order valence-electron chi connectivity index (χ4n) is 1.56. The number of pyridine rings is 1. The maximum Gasteiger partial charge on any atom is 0.303 e. The van der Waals surface area contributed by atoms with Gasteiger partial charge in [-0.3, -0.25) is 9.59 Å². The van der Waals surface area contributed by atoms with E-state index in [0.29, 0.717) is 24.9 Å². The van der Waals surface area contributed by atoms with E-state index in [-0.39, 0.29) is 18.2 Å². The van der Waals surface area contributed by atoms with Gasteiger partial charge in [0.1, 0.15) is 0 Å². The van der Waals surface area contributed by atoms with E-state index in [1.807, 2.05) is 6.92 Å². The van der Waals surface area contributed by atoms with Crippen LogP contribution < -0.4 is 5.32 Å². The van der Waals surface area contributed by atoms with Crippen molar-refractivity contribution in [1.82, 2.24) is 10.3 Å². The number of hydrogen-bond acceptors (Lipinski definition) is 3. The molecule has 2 N–H and O–H groups in total. The molecule has 0 aliphatic rings. The minimum Gasteiger partial charge on any atom is -0.481 e. The lowest BCUT2D eigenvalue weighted by Crippen LogP contribution is -2.25. The molecule has 0 radical (unpaired) electrons. The van der Waals surface area contributed by atoms with Crippen LogP contribution in [0.1, 0.15) is 36.5 Å². The van der Waals surface area contributed by atoms with E-state index in [4.69, 9.17) is 5.11 Å². The first-order chi connectivity index (χ1) is 8.99. The van der Waals surface area contributed by atoms with Crippen LogP contribution in [0, 0.1) is 11.9 Å². The van der Waals surface area contributed by atoms with Crippen LogP contribution in [-0.4, -0.2) is 28.5 Å². The van der Waals surface area contributed by atoms with Crippen molar-refractivity contribution in [3.8, 4) is 0 Å². The summed E-state index contributed by atoms with van der Waals surface area (Å²) in [4.78, 5) is 25.4. The zero-order valence-electron chi connectivity index (χ0n) is 10.7. The molecule has 19 heavy (non-hydrogen) atoms. The summed E-state index contributed by atoms with van der Waals surface area (Å²) in [7, 11) is 0. The number of aliphatic carboxylic acids is 1. The van der Waals surface area contributed by atoms with Crippen molar-refractivity contribution in [1.29, 1.82) is 0 Å². The Bertz CT molecular complexity index is 434. The molecule has 1 amide bonds. The van der Waals surface area contributed by atoms with Crippen molar-refractivity contribution in [2.75, 3.05) is 6.54 Å². The van der Waals surface area contributed by atoms with Crippen LogP contribution in [-0.2, 0) is 4.79 Å². The summed E-state index contributed by atoms with van der Waals surface area (Å²) in [5, 5.41) is 11.2. The highest BCUT2D eigenvalue weighted by atomic mass is 19.1. The van der Waals surface area contributed by atoms with Gasteiger partial charge < -0.3 is 10.4 Å². The van der Waals surface area contributed by atoms with Crippen molar-refractivity contribution < 1.29 is 19.1 Å². The number of aromatic nitrogens is 1.